The third-order valence-electron chi connectivity index (χ3n) is 4.83. The van der Waals surface area contributed by atoms with Gasteiger partial charge in [-0.05, 0) is 55.0 Å². The first kappa shape index (κ1) is 24.5. The van der Waals surface area contributed by atoms with E-state index in [1.807, 2.05) is 0 Å². The van der Waals surface area contributed by atoms with Gasteiger partial charge in [-0.1, -0.05) is 23.7 Å². The number of phenolic OH excluding ortho intramolecular Hbond substituents is 1. The van der Waals surface area contributed by atoms with E-state index in [9.17, 15) is 23.1 Å². The third kappa shape index (κ3) is 5.83. The summed E-state index contributed by atoms with van der Waals surface area (Å²) in [6, 6.07) is 9.29. The number of carbonyl (C=O) groups excluding carboxylic acids is 1. The number of amides is 1. The Morgan fingerprint density at radius 1 is 1.39 bits per heavy atom. The van der Waals surface area contributed by atoms with Crippen LogP contribution in [0.25, 0.3) is 0 Å². The molecule has 1 saturated carbocycles. The SMILES string of the molecule is C#C/C(=N\N(C)c1ccc(C(=O)NSc2ccccc2O)c(Cl)n1)OCC1(C(F)(F)F)CC1. The molecule has 12 heteroatoms. The number of hydrazone groups is 1. The fourth-order valence-electron chi connectivity index (χ4n) is 2.63. The van der Waals surface area contributed by atoms with Crippen molar-refractivity contribution in [3.05, 3.63) is 47.1 Å². The first-order chi connectivity index (χ1) is 15.6. The van der Waals surface area contributed by atoms with Crippen LogP contribution >= 0.6 is 23.5 Å². The van der Waals surface area contributed by atoms with Crippen LogP contribution in [0.3, 0.4) is 0 Å². The number of nitrogens with zero attached hydrogens (tertiary/aromatic N) is 3. The highest BCUT2D eigenvalue weighted by Crippen LogP contribution is 2.57. The van der Waals surface area contributed by atoms with Gasteiger partial charge in [-0.15, -0.1) is 11.5 Å². The molecule has 33 heavy (non-hydrogen) atoms. The number of ether oxygens (including phenoxy) is 1. The molecule has 0 radical (unpaired) electrons. The molecule has 1 aliphatic carbocycles. The van der Waals surface area contributed by atoms with E-state index in [2.05, 4.69) is 20.7 Å². The van der Waals surface area contributed by atoms with Gasteiger partial charge >= 0.3 is 6.18 Å². The van der Waals surface area contributed by atoms with E-state index in [0.29, 0.717) is 4.90 Å². The van der Waals surface area contributed by atoms with Crippen LogP contribution in [0.4, 0.5) is 19.0 Å². The maximum Gasteiger partial charge on any atom is 0.397 e. The van der Waals surface area contributed by atoms with Gasteiger partial charge in [0.25, 0.3) is 11.8 Å². The highest BCUT2D eigenvalue weighted by molar-refractivity contribution is 7.98. The van der Waals surface area contributed by atoms with Crippen molar-refractivity contribution in [2.24, 2.45) is 10.5 Å². The predicted molar refractivity (Wildman–Crippen MR) is 119 cm³/mol. The van der Waals surface area contributed by atoms with E-state index >= 15 is 0 Å². The molecule has 0 aliphatic heterocycles. The van der Waals surface area contributed by atoms with Crippen LogP contribution in [0, 0.1) is 17.8 Å². The normalized spacial score (nSPS) is 14.8. The van der Waals surface area contributed by atoms with Crippen LogP contribution in [-0.2, 0) is 4.74 Å². The molecule has 0 bridgehead atoms. The lowest BCUT2D eigenvalue weighted by Gasteiger charge is -2.19. The average molecular weight is 499 g/mol. The highest BCUT2D eigenvalue weighted by Gasteiger charge is 2.64. The maximum absolute atomic E-state index is 13.0. The van der Waals surface area contributed by atoms with Gasteiger partial charge in [-0.3, -0.25) is 9.52 Å². The second-order valence-electron chi connectivity index (χ2n) is 7.15. The molecule has 0 unspecified atom stereocenters. The van der Waals surface area contributed by atoms with Gasteiger partial charge in [0.05, 0.1) is 10.5 Å². The van der Waals surface area contributed by atoms with Crippen molar-refractivity contribution in [2.75, 3.05) is 18.7 Å². The topological polar surface area (TPSA) is 87.1 Å². The van der Waals surface area contributed by atoms with E-state index in [1.165, 1.54) is 30.3 Å². The number of para-hydroxylation sites is 1. The number of benzene rings is 1. The fourth-order valence-corrected chi connectivity index (χ4v) is 3.50. The van der Waals surface area contributed by atoms with Gasteiger partial charge in [-0.2, -0.15) is 13.2 Å². The van der Waals surface area contributed by atoms with Gasteiger partial charge in [0.2, 0.25) is 0 Å². The molecule has 0 saturated heterocycles. The molecule has 1 fully saturated rings. The standard InChI is InChI=1S/C21H18ClF3N4O3S/c1-3-17(32-12-20(10-11-20)21(23,24)25)27-29(2)16-9-8-13(18(22)26-16)19(31)28-33-15-7-5-4-6-14(15)30/h1,4-9,30H,10-12H2,2H3,(H,28,31)/b27-17+. The number of phenols is 1. The number of nitrogens with one attached hydrogen (secondary N) is 1. The molecule has 7 nitrogen and oxygen atoms in total. The van der Waals surface area contributed by atoms with E-state index in [4.69, 9.17) is 22.8 Å². The van der Waals surface area contributed by atoms with Crippen molar-refractivity contribution in [1.29, 1.82) is 0 Å². The lowest BCUT2D eigenvalue weighted by molar-refractivity contribution is -0.195. The Morgan fingerprint density at radius 2 is 2.09 bits per heavy atom. The van der Waals surface area contributed by atoms with Gasteiger partial charge in [0.15, 0.2) is 0 Å². The number of aromatic nitrogens is 1. The number of pyridine rings is 1. The van der Waals surface area contributed by atoms with Crippen LogP contribution in [0.2, 0.25) is 5.15 Å². The summed E-state index contributed by atoms with van der Waals surface area (Å²) < 4.78 is 46.8. The summed E-state index contributed by atoms with van der Waals surface area (Å²) in [7, 11) is 1.45. The van der Waals surface area contributed by atoms with Crippen molar-refractivity contribution in [3.63, 3.8) is 0 Å². The molecular formula is C21H18ClF3N4O3S. The summed E-state index contributed by atoms with van der Waals surface area (Å²) in [6.07, 6.45) is 0.895. The highest BCUT2D eigenvalue weighted by atomic mass is 35.5. The number of alkyl halides is 3. The molecule has 1 aromatic heterocycles. The number of aromatic hydroxyl groups is 1. The minimum absolute atomic E-state index is 0.0104. The zero-order chi connectivity index (χ0) is 24.2. The number of carbonyl (C=O) groups is 1. The molecule has 1 amide bonds. The number of hydrogen-bond acceptors (Lipinski definition) is 7. The zero-order valence-corrected chi connectivity index (χ0v) is 18.8. The Kier molecular flexibility index (Phi) is 7.29. The molecule has 1 heterocycles. The second-order valence-corrected chi connectivity index (χ2v) is 8.35. The maximum atomic E-state index is 13.0. The van der Waals surface area contributed by atoms with Crippen molar-refractivity contribution < 1.29 is 27.8 Å². The molecule has 0 atom stereocenters. The van der Waals surface area contributed by atoms with Crippen LogP contribution in [0.1, 0.15) is 23.2 Å². The van der Waals surface area contributed by atoms with Crippen LogP contribution in [0.15, 0.2) is 46.4 Å². The molecule has 3 rings (SSSR count). The Bertz CT molecular complexity index is 1120. The summed E-state index contributed by atoms with van der Waals surface area (Å²) in [5.41, 5.74) is -1.82. The van der Waals surface area contributed by atoms with Crippen LogP contribution in [0.5, 0.6) is 5.75 Å². The fraction of sp³-hybridized carbons (Fsp3) is 0.286. The van der Waals surface area contributed by atoms with E-state index in [0.717, 1.165) is 11.9 Å². The largest absolute Gasteiger partial charge is 0.507 e. The Balaban J connectivity index is 1.64. The molecular weight excluding hydrogens is 481 g/mol. The Morgan fingerprint density at radius 3 is 2.67 bits per heavy atom. The summed E-state index contributed by atoms with van der Waals surface area (Å²) in [5.74, 6) is 1.41. The van der Waals surface area contributed by atoms with Crippen molar-refractivity contribution >= 4 is 41.2 Å². The number of anilines is 1. The predicted octanol–water partition coefficient (Wildman–Crippen LogP) is 4.62. The number of hydrogen-bond donors (Lipinski definition) is 2. The zero-order valence-electron chi connectivity index (χ0n) is 17.2. The molecule has 1 aliphatic rings. The van der Waals surface area contributed by atoms with Gasteiger partial charge in [-0.25, -0.2) is 9.99 Å². The summed E-state index contributed by atoms with van der Waals surface area (Å²) in [6.45, 7) is -0.616. The molecule has 2 aromatic rings. The lowest BCUT2D eigenvalue weighted by Crippen LogP contribution is -2.30. The molecule has 174 valence electrons. The van der Waals surface area contributed by atoms with Gasteiger partial charge in [0.1, 0.15) is 28.7 Å². The summed E-state index contributed by atoms with van der Waals surface area (Å²) >= 11 is 7.04. The van der Waals surface area contributed by atoms with E-state index in [1.54, 1.807) is 18.2 Å². The number of rotatable bonds is 7. The van der Waals surface area contributed by atoms with Crippen molar-refractivity contribution in [2.45, 2.75) is 23.9 Å². The van der Waals surface area contributed by atoms with Crippen molar-refractivity contribution in [3.8, 4) is 18.1 Å². The number of halogens is 4. The number of terminal acetylenes is 1. The Labute approximate surface area is 197 Å². The molecule has 2 N–H and O–H groups in total. The minimum atomic E-state index is -4.37. The first-order valence-electron chi connectivity index (χ1n) is 9.46. The van der Waals surface area contributed by atoms with Gasteiger partial charge < -0.3 is 9.84 Å². The van der Waals surface area contributed by atoms with Crippen molar-refractivity contribution in [1.82, 2.24) is 9.71 Å². The molecule has 0 spiro atoms. The second kappa shape index (κ2) is 9.80. The van der Waals surface area contributed by atoms with E-state index in [-0.39, 0.29) is 41.0 Å². The monoisotopic (exact) mass is 498 g/mol. The van der Waals surface area contributed by atoms with E-state index < -0.39 is 24.1 Å². The summed E-state index contributed by atoms with van der Waals surface area (Å²) in [5, 5.41) is 14.7. The van der Waals surface area contributed by atoms with Gasteiger partial charge in [0, 0.05) is 7.05 Å². The van der Waals surface area contributed by atoms with Crippen LogP contribution in [-0.4, -0.2) is 41.7 Å². The Hall–Kier alpha value is -3.10. The quantitative estimate of drug-likeness (QED) is 0.145. The average Bonchev–Trinajstić information content (AvgIpc) is 3.57. The summed E-state index contributed by atoms with van der Waals surface area (Å²) in [4.78, 5) is 16.9. The molecule has 1 aromatic carbocycles. The third-order valence-corrected chi connectivity index (χ3v) is 5.97. The first-order valence-corrected chi connectivity index (χ1v) is 10.7. The minimum Gasteiger partial charge on any atom is -0.507 e. The lowest BCUT2D eigenvalue weighted by atomic mass is 10.1. The smallest absolute Gasteiger partial charge is 0.397 e. The van der Waals surface area contributed by atoms with Crippen LogP contribution < -0.4 is 9.73 Å².